The van der Waals surface area contributed by atoms with Crippen molar-refractivity contribution >= 4 is 6.08 Å². The molecule has 0 saturated heterocycles. The van der Waals surface area contributed by atoms with E-state index in [4.69, 9.17) is 0 Å². The van der Waals surface area contributed by atoms with Crippen molar-refractivity contribution in [2.45, 2.75) is 26.2 Å². The van der Waals surface area contributed by atoms with Crippen LogP contribution in [-0.2, 0) is 25.5 Å². The molecule has 0 amide bonds. The maximum absolute atomic E-state index is 4.47. The summed E-state index contributed by atoms with van der Waals surface area (Å²) in [5.74, 6) is 0. The van der Waals surface area contributed by atoms with Crippen LogP contribution >= 0.6 is 0 Å². The number of fused-ring (bicyclic) bond motifs is 3. The van der Waals surface area contributed by atoms with Gasteiger partial charge in [0.05, 0.1) is 0 Å². The van der Waals surface area contributed by atoms with Crippen molar-refractivity contribution in [3.63, 3.8) is 0 Å². The molecular formula is C23H20IrN-. The van der Waals surface area contributed by atoms with E-state index in [-0.39, 0.29) is 25.5 Å². The zero-order valence-electron chi connectivity index (χ0n) is 14.7. The Hall–Kier alpha value is -2.02. The zero-order chi connectivity index (χ0) is 16.9. The van der Waals surface area contributed by atoms with E-state index >= 15 is 0 Å². The molecule has 0 bridgehead atoms. The fourth-order valence-corrected chi connectivity index (χ4v) is 4.01. The average Bonchev–Trinajstić information content (AvgIpc) is 2.84. The summed E-state index contributed by atoms with van der Waals surface area (Å²) < 4.78 is 0. The number of hydrogen-bond acceptors (Lipinski definition) is 1. The molecule has 0 atom stereocenters. The fourth-order valence-electron chi connectivity index (χ4n) is 4.01. The van der Waals surface area contributed by atoms with Crippen molar-refractivity contribution in [2.24, 2.45) is 0 Å². The molecule has 1 nitrogen and oxygen atoms in total. The van der Waals surface area contributed by atoms with Crippen LogP contribution in [0.2, 0.25) is 0 Å². The average molecular weight is 503 g/mol. The van der Waals surface area contributed by atoms with Gasteiger partial charge in [0.1, 0.15) is 0 Å². The summed E-state index contributed by atoms with van der Waals surface area (Å²) in [6.07, 6.45) is 3.77. The minimum Gasteiger partial charge on any atom is -0.305 e. The maximum Gasteiger partial charge on any atom is 0.0160 e. The summed E-state index contributed by atoms with van der Waals surface area (Å²) in [6, 6.07) is 18.2. The van der Waals surface area contributed by atoms with Crippen LogP contribution < -0.4 is 0 Å². The van der Waals surface area contributed by atoms with Crippen LogP contribution in [0.3, 0.4) is 0 Å². The number of benzene rings is 2. The molecule has 0 fully saturated rings. The van der Waals surface area contributed by atoms with Crippen LogP contribution in [-0.4, -0.2) is 4.98 Å². The van der Waals surface area contributed by atoms with Crippen LogP contribution in [0.15, 0.2) is 55.2 Å². The zero-order valence-corrected chi connectivity index (χ0v) is 17.1. The number of rotatable bonds is 2. The third-order valence-corrected chi connectivity index (χ3v) is 5.21. The van der Waals surface area contributed by atoms with Crippen LogP contribution in [0.1, 0.15) is 36.1 Å². The van der Waals surface area contributed by atoms with E-state index in [1.807, 2.05) is 30.5 Å². The topological polar surface area (TPSA) is 12.9 Å². The van der Waals surface area contributed by atoms with Gasteiger partial charge >= 0.3 is 0 Å². The molecule has 2 aromatic carbocycles. The molecule has 1 aliphatic carbocycles. The normalized spacial score (nSPS) is 13.6. The Kier molecular flexibility index (Phi) is 4.53. The van der Waals surface area contributed by atoms with Crippen molar-refractivity contribution in [1.29, 1.82) is 0 Å². The van der Waals surface area contributed by atoms with Crippen molar-refractivity contribution in [1.82, 2.24) is 4.98 Å². The number of pyridine rings is 1. The summed E-state index contributed by atoms with van der Waals surface area (Å²) in [5, 5.41) is 0. The van der Waals surface area contributed by atoms with Gasteiger partial charge in [0.25, 0.3) is 0 Å². The molecule has 1 aliphatic rings. The summed E-state index contributed by atoms with van der Waals surface area (Å²) in [6.45, 7) is 10.8. The first-order valence-electron chi connectivity index (χ1n) is 8.28. The van der Waals surface area contributed by atoms with E-state index in [0.717, 1.165) is 11.3 Å². The number of nitrogens with zero attached hydrogens (tertiary/aromatic N) is 1. The molecule has 127 valence electrons. The first-order chi connectivity index (χ1) is 11.5. The first kappa shape index (κ1) is 17.8. The predicted octanol–water partition coefficient (Wildman–Crippen LogP) is 5.80. The Morgan fingerprint density at radius 1 is 1.12 bits per heavy atom. The van der Waals surface area contributed by atoms with Crippen LogP contribution in [0.5, 0.6) is 0 Å². The van der Waals surface area contributed by atoms with E-state index < -0.39 is 0 Å². The van der Waals surface area contributed by atoms with Crippen LogP contribution in [0, 0.1) is 13.0 Å². The second-order valence-electron chi connectivity index (χ2n) is 6.92. The van der Waals surface area contributed by atoms with Gasteiger partial charge in [0, 0.05) is 26.3 Å². The molecule has 0 saturated carbocycles. The SMILES string of the molecule is C=Cc1ccc2c(c1C)C(C)(C)c1cc(-c3ccccn3)[c-]cc1-2.[Ir]. The quantitative estimate of drug-likeness (QED) is 0.404. The van der Waals surface area contributed by atoms with Gasteiger partial charge in [0.15, 0.2) is 0 Å². The van der Waals surface area contributed by atoms with E-state index in [2.05, 4.69) is 62.7 Å². The molecule has 0 unspecified atom stereocenters. The van der Waals surface area contributed by atoms with E-state index in [0.29, 0.717) is 0 Å². The van der Waals surface area contributed by atoms with E-state index in [1.165, 1.54) is 33.4 Å². The second-order valence-corrected chi connectivity index (χ2v) is 6.92. The standard InChI is InChI=1S/C23H20N.Ir/c1-5-16-9-12-19-18-11-10-17(21-8-6-7-13-24-21)14-20(18)23(3,4)22(19)15(16)2;/h5-9,11-14H,1H2,2-4H3;/q-1;. The molecule has 1 heterocycles. The van der Waals surface area contributed by atoms with Crippen molar-refractivity contribution < 1.29 is 20.1 Å². The summed E-state index contributed by atoms with van der Waals surface area (Å²) in [4.78, 5) is 4.47. The molecule has 0 spiro atoms. The van der Waals surface area contributed by atoms with Crippen LogP contribution in [0.4, 0.5) is 0 Å². The summed E-state index contributed by atoms with van der Waals surface area (Å²) in [7, 11) is 0. The number of hydrogen-bond donors (Lipinski definition) is 0. The third kappa shape index (κ3) is 2.61. The van der Waals surface area contributed by atoms with E-state index in [1.54, 1.807) is 0 Å². The van der Waals surface area contributed by atoms with Gasteiger partial charge in [-0.2, -0.15) is 0 Å². The van der Waals surface area contributed by atoms with Gasteiger partial charge in [-0.05, 0) is 40.8 Å². The molecule has 1 aromatic heterocycles. The fraction of sp³-hybridized carbons (Fsp3) is 0.174. The third-order valence-electron chi connectivity index (χ3n) is 5.21. The molecular weight excluding hydrogens is 482 g/mol. The Morgan fingerprint density at radius 2 is 1.92 bits per heavy atom. The summed E-state index contributed by atoms with van der Waals surface area (Å²) in [5.41, 5.74) is 9.88. The first-order valence-corrected chi connectivity index (χ1v) is 8.28. The van der Waals surface area contributed by atoms with Crippen molar-refractivity contribution in [3.05, 3.63) is 83.6 Å². The second kappa shape index (κ2) is 6.37. The minimum absolute atomic E-state index is 0. The molecule has 4 rings (SSSR count). The van der Waals surface area contributed by atoms with Gasteiger partial charge < -0.3 is 4.98 Å². The van der Waals surface area contributed by atoms with Gasteiger partial charge in [-0.3, -0.25) is 0 Å². The smallest absolute Gasteiger partial charge is 0.0160 e. The largest absolute Gasteiger partial charge is 0.305 e. The Morgan fingerprint density at radius 3 is 2.60 bits per heavy atom. The monoisotopic (exact) mass is 503 g/mol. The van der Waals surface area contributed by atoms with Gasteiger partial charge in [-0.15, -0.1) is 29.3 Å². The van der Waals surface area contributed by atoms with Crippen LogP contribution in [0.25, 0.3) is 28.5 Å². The molecule has 0 N–H and O–H groups in total. The summed E-state index contributed by atoms with van der Waals surface area (Å²) >= 11 is 0. The molecule has 0 aliphatic heterocycles. The predicted molar refractivity (Wildman–Crippen MR) is 101 cm³/mol. The molecule has 1 radical (unpaired) electrons. The molecule has 2 heteroatoms. The molecule has 25 heavy (non-hydrogen) atoms. The van der Waals surface area contributed by atoms with Crippen molar-refractivity contribution in [3.8, 4) is 22.4 Å². The van der Waals surface area contributed by atoms with E-state index in [9.17, 15) is 0 Å². The minimum atomic E-state index is -0.0353. The van der Waals surface area contributed by atoms with Gasteiger partial charge in [-0.1, -0.05) is 61.9 Å². The Balaban J connectivity index is 0.00000182. The van der Waals surface area contributed by atoms with Gasteiger partial charge in [0.2, 0.25) is 0 Å². The number of aromatic nitrogens is 1. The Labute approximate surface area is 163 Å². The van der Waals surface area contributed by atoms with Gasteiger partial charge in [-0.25, -0.2) is 0 Å². The molecule has 3 aromatic rings. The van der Waals surface area contributed by atoms with Crippen molar-refractivity contribution in [2.75, 3.05) is 0 Å². The Bertz CT molecular complexity index is 955. The maximum atomic E-state index is 4.47.